The van der Waals surface area contributed by atoms with Gasteiger partial charge in [-0.3, -0.25) is 0 Å². The predicted molar refractivity (Wildman–Crippen MR) is 146 cm³/mol. The summed E-state index contributed by atoms with van der Waals surface area (Å²) in [6.45, 7) is 6.72. The highest BCUT2D eigenvalue weighted by molar-refractivity contribution is 5.89. The van der Waals surface area contributed by atoms with Crippen LogP contribution in [0.5, 0.6) is 5.75 Å². The molecule has 2 atom stereocenters. The van der Waals surface area contributed by atoms with Gasteiger partial charge in [0.15, 0.2) is 12.2 Å². The summed E-state index contributed by atoms with van der Waals surface area (Å²) in [7, 11) is 1.63. The molecule has 3 aromatic carbocycles. The van der Waals surface area contributed by atoms with Crippen LogP contribution in [0.15, 0.2) is 71.7 Å². The number of urea groups is 1. The standard InChI is InChI=1S/C29H35N5O3/c1-19-12-20(2)14-24(13-19)32-28(36)31-17-21-8-10-22(11-9-21)18-34-26(35)29(3,33-27(34)30)16-23-6-5-7-25(15-23)37-4/h5-15,26,35H,16-18H2,1-4H3,(H2,30,33)(H2,31,32,36). The zero-order chi connectivity index (χ0) is 26.6. The largest absolute Gasteiger partial charge is 0.497 e. The van der Waals surface area contributed by atoms with E-state index in [1.54, 1.807) is 12.0 Å². The first-order chi connectivity index (χ1) is 17.6. The molecule has 0 aromatic heterocycles. The Morgan fingerprint density at radius 3 is 2.41 bits per heavy atom. The van der Waals surface area contributed by atoms with Gasteiger partial charge in [-0.2, -0.15) is 0 Å². The summed E-state index contributed by atoms with van der Waals surface area (Å²) in [4.78, 5) is 18.6. The number of benzene rings is 3. The topological polar surface area (TPSA) is 112 Å². The summed E-state index contributed by atoms with van der Waals surface area (Å²) < 4.78 is 5.32. The van der Waals surface area contributed by atoms with E-state index in [0.717, 1.165) is 39.3 Å². The minimum absolute atomic E-state index is 0.256. The van der Waals surface area contributed by atoms with Crippen LogP contribution < -0.4 is 21.1 Å². The Balaban J connectivity index is 1.33. The maximum atomic E-state index is 12.3. The fourth-order valence-electron chi connectivity index (χ4n) is 4.70. The molecule has 0 spiro atoms. The summed E-state index contributed by atoms with van der Waals surface area (Å²) in [5, 5.41) is 16.9. The van der Waals surface area contributed by atoms with Crippen molar-refractivity contribution in [3.05, 3.63) is 94.5 Å². The lowest BCUT2D eigenvalue weighted by Crippen LogP contribution is -2.47. The van der Waals surface area contributed by atoms with E-state index in [-0.39, 0.29) is 6.03 Å². The molecule has 0 saturated carbocycles. The van der Waals surface area contributed by atoms with Crippen LogP contribution in [-0.2, 0) is 19.5 Å². The van der Waals surface area contributed by atoms with Crippen molar-refractivity contribution in [3.63, 3.8) is 0 Å². The summed E-state index contributed by atoms with van der Waals surface area (Å²) in [6, 6.07) is 21.3. The van der Waals surface area contributed by atoms with Gasteiger partial charge < -0.3 is 31.1 Å². The number of amides is 2. The molecule has 1 aliphatic rings. The highest BCUT2D eigenvalue weighted by Crippen LogP contribution is 2.31. The molecule has 1 aliphatic heterocycles. The van der Waals surface area contributed by atoms with Crippen LogP contribution in [0.4, 0.5) is 10.5 Å². The van der Waals surface area contributed by atoms with Gasteiger partial charge in [-0.05, 0) is 72.9 Å². The van der Waals surface area contributed by atoms with Crippen LogP contribution in [0.2, 0.25) is 0 Å². The van der Waals surface area contributed by atoms with Crippen molar-refractivity contribution in [3.8, 4) is 5.75 Å². The van der Waals surface area contributed by atoms with Crippen LogP contribution in [-0.4, -0.2) is 40.9 Å². The zero-order valence-electron chi connectivity index (χ0n) is 21.8. The van der Waals surface area contributed by atoms with E-state index in [1.807, 2.05) is 81.4 Å². The SMILES string of the molecule is COc1cccc(CC2(C)N=C(N)N(Cc3ccc(CNC(=O)Nc4cc(C)cc(C)c4)cc3)C2O)c1. The predicted octanol–water partition coefficient (Wildman–Crippen LogP) is 4.08. The zero-order valence-corrected chi connectivity index (χ0v) is 21.8. The fraction of sp³-hybridized carbons (Fsp3) is 0.310. The molecule has 4 rings (SSSR count). The quantitative estimate of drug-likeness (QED) is 0.372. The maximum Gasteiger partial charge on any atom is 0.319 e. The number of anilines is 1. The van der Waals surface area contributed by atoms with Crippen LogP contribution in [0.1, 0.15) is 34.7 Å². The van der Waals surface area contributed by atoms with Gasteiger partial charge in [-0.1, -0.05) is 42.5 Å². The molecule has 2 amide bonds. The van der Waals surface area contributed by atoms with Crippen LogP contribution in [0.25, 0.3) is 0 Å². The number of carbonyl (C=O) groups excluding carboxylic acids is 1. The van der Waals surface area contributed by atoms with Crippen molar-refractivity contribution in [2.45, 2.75) is 52.0 Å². The monoisotopic (exact) mass is 501 g/mol. The van der Waals surface area contributed by atoms with Gasteiger partial charge in [0.25, 0.3) is 0 Å². The van der Waals surface area contributed by atoms with Gasteiger partial charge in [0, 0.05) is 25.2 Å². The highest BCUT2D eigenvalue weighted by Gasteiger charge is 2.43. The Morgan fingerprint density at radius 1 is 1.05 bits per heavy atom. The summed E-state index contributed by atoms with van der Waals surface area (Å²) in [6.07, 6.45) is -0.342. The third-order valence-corrected chi connectivity index (χ3v) is 6.52. The van der Waals surface area contributed by atoms with Crippen LogP contribution in [0.3, 0.4) is 0 Å². The molecule has 2 unspecified atom stereocenters. The second-order valence-corrected chi connectivity index (χ2v) is 9.86. The molecular weight excluding hydrogens is 466 g/mol. The van der Waals surface area contributed by atoms with Gasteiger partial charge >= 0.3 is 6.03 Å². The second kappa shape index (κ2) is 10.9. The maximum absolute atomic E-state index is 12.3. The number of nitrogens with two attached hydrogens (primary N) is 1. The van der Waals surface area contributed by atoms with E-state index < -0.39 is 11.8 Å². The molecule has 194 valence electrons. The number of rotatable bonds is 8. The van der Waals surface area contributed by atoms with E-state index in [9.17, 15) is 9.90 Å². The van der Waals surface area contributed by atoms with E-state index >= 15 is 0 Å². The summed E-state index contributed by atoms with van der Waals surface area (Å²) >= 11 is 0. The van der Waals surface area contributed by atoms with Crippen molar-refractivity contribution in [2.24, 2.45) is 10.7 Å². The minimum atomic E-state index is -0.867. The van der Waals surface area contributed by atoms with Gasteiger partial charge in [0.1, 0.15) is 11.3 Å². The number of ether oxygens (including phenoxy) is 1. The molecule has 3 aromatic rings. The number of nitrogens with zero attached hydrogens (tertiary/aromatic N) is 2. The molecule has 0 fully saturated rings. The third kappa shape index (κ3) is 6.40. The number of aliphatic hydroxyl groups excluding tert-OH is 1. The number of guanidine groups is 1. The fourth-order valence-corrected chi connectivity index (χ4v) is 4.70. The van der Waals surface area contributed by atoms with Crippen molar-refractivity contribution >= 4 is 17.7 Å². The second-order valence-electron chi connectivity index (χ2n) is 9.86. The Morgan fingerprint density at radius 2 is 1.73 bits per heavy atom. The molecule has 5 N–H and O–H groups in total. The lowest BCUT2D eigenvalue weighted by Gasteiger charge is -2.31. The number of carbonyl (C=O) groups is 1. The first kappa shape index (κ1) is 26.0. The molecular formula is C29H35N5O3. The minimum Gasteiger partial charge on any atom is -0.497 e. The molecule has 0 aliphatic carbocycles. The van der Waals surface area contributed by atoms with E-state index in [0.29, 0.717) is 25.5 Å². The molecule has 0 radical (unpaired) electrons. The summed E-state index contributed by atoms with van der Waals surface area (Å²) in [5.74, 6) is 1.08. The number of hydrogen-bond acceptors (Lipinski definition) is 6. The van der Waals surface area contributed by atoms with Gasteiger partial charge in [0.2, 0.25) is 0 Å². The smallest absolute Gasteiger partial charge is 0.319 e. The average Bonchev–Trinajstić information content (AvgIpc) is 3.05. The van der Waals surface area contributed by atoms with Crippen molar-refractivity contribution in [2.75, 3.05) is 12.4 Å². The number of aryl methyl sites for hydroxylation is 2. The Labute approximate surface area is 218 Å². The highest BCUT2D eigenvalue weighted by atomic mass is 16.5. The van der Waals surface area contributed by atoms with E-state index in [2.05, 4.69) is 21.7 Å². The normalized spacial score (nSPS) is 18.9. The number of aliphatic imine (C=N–C) groups is 1. The molecule has 37 heavy (non-hydrogen) atoms. The molecule has 8 heteroatoms. The average molecular weight is 502 g/mol. The number of aliphatic hydroxyl groups is 1. The van der Waals surface area contributed by atoms with Crippen LogP contribution in [0, 0.1) is 13.8 Å². The molecule has 1 heterocycles. The van der Waals surface area contributed by atoms with Crippen molar-refractivity contribution in [1.82, 2.24) is 10.2 Å². The Bertz CT molecular complexity index is 1270. The third-order valence-electron chi connectivity index (χ3n) is 6.52. The molecule has 0 saturated heterocycles. The van der Waals surface area contributed by atoms with Crippen LogP contribution >= 0.6 is 0 Å². The molecule has 0 bridgehead atoms. The lowest BCUT2D eigenvalue weighted by molar-refractivity contribution is 0.00763. The number of methoxy groups -OCH3 is 1. The van der Waals surface area contributed by atoms with Crippen molar-refractivity contribution in [1.29, 1.82) is 0 Å². The van der Waals surface area contributed by atoms with E-state index in [4.69, 9.17) is 10.5 Å². The number of hydrogen-bond donors (Lipinski definition) is 4. The lowest BCUT2D eigenvalue weighted by atomic mass is 9.91. The summed E-state index contributed by atoms with van der Waals surface area (Å²) in [5.41, 5.74) is 11.4. The van der Waals surface area contributed by atoms with Gasteiger partial charge in [-0.25, -0.2) is 9.79 Å². The first-order valence-electron chi connectivity index (χ1n) is 12.3. The van der Waals surface area contributed by atoms with Crippen molar-refractivity contribution < 1.29 is 14.6 Å². The number of nitrogens with one attached hydrogen (secondary N) is 2. The first-order valence-corrected chi connectivity index (χ1v) is 12.3. The van der Waals surface area contributed by atoms with E-state index in [1.165, 1.54) is 0 Å². The van der Waals surface area contributed by atoms with Gasteiger partial charge in [0.05, 0.1) is 7.11 Å². The Hall–Kier alpha value is -4.04. The van der Waals surface area contributed by atoms with Gasteiger partial charge in [-0.15, -0.1) is 0 Å². The Kier molecular flexibility index (Phi) is 7.69. The molecule has 8 nitrogen and oxygen atoms in total.